The molecule has 0 aliphatic rings. The molecule has 0 spiro atoms. The van der Waals surface area contributed by atoms with E-state index < -0.39 is 17.8 Å². The summed E-state index contributed by atoms with van der Waals surface area (Å²) in [5, 5.41) is 12.7. The maximum Gasteiger partial charge on any atom is 0.252 e. The minimum absolute atomic E-state index is 0.0838. The van der Waals surface area contributed by atoms with E-state index in [0.29, 0.717) is 25.8 Å². The molecule has 3 aromatic rings. The van der Waals surface area contributed by atoms with Gasteiger partial charge in [0.25, 0.3) is 5.91 Å². The second-order valence-corrected chi connectivity index (χ2v) is 7.51. The molecule has 1 N–H and O–H groups in total. The van der Waals surface area contributed by atoms with Crippen LogP contribution in [0.2, 0.25) is 10.0 Å². The standard InChI is InChI=1S/C20H11BrCl2FN3O/c21-16-8-13(22)3-5-15(16)19(18-6-4-14(23)10-26-18)27-20(28)11-1-2-12(9-25)17(24)7-11/h1-8,10,19H,(H,27,28). The number of halogens is 4. The largest absolute Gasteiger partial charge is 0.339 e. The zero-order chi connectivity index (χ0) is 20.3. The Morgan fingerprint density at radius 2 is 1.89 bits per heavy atom. The number of nitriles is 1. The second-order valence-electron chi connectivity index (χ2n) is 5.78. The van der Waals surface area contributed by atoms with Gasteiger partial charge in [-0.15, -0.1) is 0 Å². The normalized spacial score (nSPS) is 11.5. The quantitative estimate of drug-likeness (QED) is 0.524. The van der Waals surface area contributed by atoms with Crippen molar-refractivity contribution >= 4 is 45.0 Å². The van der Waals surface area contributed by atoms with Crippen LogP contribution in [0.5, 0.6) is 0 Å². The van der Waals surface area contributed by atoms with Crippen LogP contribution < -0.4 is 5.32 Å². The van der Waals surface area contributed by atoms with Crippen LogP contribution in [0.4, 0.5) is 4.39 Å². The fourth-order valence-corrected chi connectivity index (χ4v) is 3.59. The molecule has 1 amide bonds. The van der Waals surface area contributed by atoms with Gasteiger partial charge in [-0.1, -0.05) is 45.2 Å². The first kappa shape index (κ1) is 20.3. The number of nitrogens with zero attached hydrogens (tertiary/aromatic N) is 2. The van der Waals surface area contributed by atoms with Crippen molar-refractivity contribution in [2.24, 2.45) is 0 Å². The molecular weight excluding hydrogens is 468 g/mol. The van der Waals surface area contributed by atoms with Gasteiger partial charge in [0.05, 0.1) is 22.3 Å². The Bertz CT molecular complexity index is 1080. The Labute approximate surface area is 179 Å². The SMILES string of the molecule is N#Cc1ccc(C(=O)NC(c2ccc(Cl)cn2)c2ccc(Cl)cc2Br)cc1F. The third kappa shape index (κ3) is 4.50. The Morgan fingerprint density at radius 1 is 1.14 bits per heavy atom. The van der Waals surface area contributed by atoms with Crippen LogP contribution in [0.25, 0.3) is 0 Å². The molecule has 0 aliphatic heterocycles. The molecule has 1 aromatic heterocycles. The van der Waals surface area contributed by atoms with Crippen LogP contribution in [0.3, 0.4) is 0 Å². The maximum absolute atomic E-state index is 13.9. The fourth-order valence-electron chi connectivity index (χ4n) is 2.57. The first-order chi connectivity index (χ1) is 13.4. The lowest BCUT2D eigenvalue weighted by Crippen LogP contribution is -2.30. The lowest BCUT2D eigenvalue weighted by atomic mass is 10.0. The number of amides is 1. The highest BCUT2D eigenvalue weighted by molar-refractivity contribution is 9.10. The number of hydrogen-bond donors (Lipinski definition) is 1. The summed E-state index contributed by atoms with van der Waals surface area (Å²) >= 11 is 15.4. The number of carbonyl (C=O) groups excluding carboxylic acids is 1. The van der Waals surface area contributed by atoms with Gasteiger partial charge < -0.3 is 5.32 Å². The van der Waals surface area contributed by atoms with E-state index in [4.69, 9.17) is 28.5 Å². The molecule has 0 saturated heterocycles. The van der Waals surface area contributed by atoms with Crippen molar-refractivity contribution in [1.82, 2.24) is 10.3 Å². The average molecular weight is 479 g/mol. The van der Waals surface area contributed by atoms with Gasteiger partial charge in [-0.3, -0.25) is 9.78 Å². The molecule has 2 aromatic carbocycles. The van der Waals surface area contributed by atoms with E-state index >= 15 is 0 Å². The number of nitrogens with one attached hydrogen (secondary N) is 1. The number of hydrogen-bond acceptors (Lipinski definition) is 3. The first-order valence-electron chi connectivity index (χ1n) is 7.96. The predicted molar refractivity (Wildman–Crippen MR) is 109 cm³/mol. The molecule has 3 rings (SSSR count). The summed E-state index contributed by atoms with van der Waals surface area (Å²) in [6, 6.07) is 13.3. The van der Waals surface area contributed by atoms with Gasteiger partial charge in [-0.05, 0) is 48.0 Å². The van der Waals surface area contributed by atoms with Crippen LogP contribution in [-0.4, -0.2) is 10.9 Å². The molecule has 0 fully saturated rings. The van der Waals surface area contributed by atoms with Gasteiger partial charge in [0.1, 0.15) is 11.9 Å². The molecule has 0 radical (unpaired) electrons. The molecule has 4 nitrogen and oxygen atoms in total. The Morgan fingerprint density at radius 3 is 2.50 bits per heavy atom. The Balaban J connectivity index is 1.99. The van der Waals surface area contributed by atoms with Gasteiger partial charge in [-0.2, -0.15) is 5.26 Å². The number of aromatic nitrogens is 1. The van der Waals surface area contributed by atoms with Gasteiger partial charge in [0.15, 0.2) is 0 Å². The molecule has 140 valence electrons. The molecule has 0 aliphatic carbocycles. The van der Waals surface area contributed by atoms with E-state index in [1.807, 2.05) is 0 Å². The Hall–Kier alpha value is -2.46. The summed E-state index contributed by atoms with van der Waals surface area (Å²) in [6.45, 7) is 0. The van der Waals surface area contributed by atoms with E-state index in [1.54, 1.807) is 36.4 Å². The molecule has 1 unspecified atom stereocenters. The lowest BCUT2D eigenvalue weighted by molar-refractivity contribution is 0.0941. The number of carbonyl (C=O) groups is 1. The van der Waals surface area contributed by atoms with Crippen LogP contribution in [0.15, 0.2) is 59.2 Å². The molecule has 8 heteroatoms. The van der Waals surface area contributed by atoms with Crippen LogP contribution in [0.1, 0.15) is 33.2 Å². The van der Waals surface area contributed by atoms with Crippen LogP contribution in [0, 0.1) is 17.1 Å². The highest BCUT2D eigenvalue weighted by Crippen LogP contribution is 2.30. The van der Waals surface area contributed by atoms with Crippen molar-refractivity contribution in [3.8, 4) is 6.07 Å². The summed E-state index contributed by atoms with van der Waals surface area (Å²) < 4.78 is 14.6. The van der Waals surface area contributed by atoms with E-state index in [9.17, 15) is 9.18 Å². The molecular formula is C20H11BrCl2FN3O. The molecule has 1 atom stereocenters. The second kappa shape index (κ2) is 8.70. The zero-order valence-corrected chi connectivity index (χ0v) is 17.2. The zero-order valence-electron chi connectivity index (χ0n) is 14.1. The molecule has 0 bridgehead atoms. The van der Waals surface area contributed by atoms with E-state index in [1.165, 1.54) is 18.3 Å². The predicted octanol–water partition coefficient (Wildman–Crippen LogP) is 5.68. The third-order valence-electron chi connectivity index (χ3n) is 3.95. The lowest BCUT2D eigenvalue weighted by Gasteiger charge is -2.20. The van der Waals surface area contributed by atoms with Crippen molar-refractivity contribution in [1.29, 1.82) is 5.26 Å². The van der Waals surface area contributed by atoms with Gasteiger partial charge in [0.2, 0.25) is 0 Å². The number of rotatable bonds is 4. The third-order valence-corrected chi connectivity index (χ3v) is 5.09. The maximum atomic E-state index is 13.9. The smallest absolute Gasteiger partial charge is 0.252 e. The first-order valence-corrected chi connectivity index (χ1v) is 9.51. The van der Waals surface area contributed by atoms with Gasteiger partial charge in [0, 0.05) is 21.3 Å². The molecule has 1 heterocycles. The fraction of sp³-hybridized carbons (Fsp3) is 0.0500. The van der Waals surface area contributed by atoms with Crippen molar-refractivity contribution in [3.05, 3.63) is 97.4 Å². The average Bonchev–Trinajstić information content (AvgIpc) is 2.67. The summed E-state index contributed by atoms with van der Waals surface area (Å²) in [7, 11) is 0. The van der Waals surface area contributed by atoms with Crippen molar-refractivity contribution in [2.75, 3.05) is 0 Å². The van der Waals surface area contributed by atoms with Crippen molar-refractivity contribution in [3.63, 3.8) is 0 Å². The monoisotopic (exact) mass is 477 g/mol. The highest BCUT2D eigenvalue weighted by Gasteiger charge is 2.22. The topological polar surface area (TPSA) is 65.8 Å². The molecule has 28 heavy (non-hydrogen) atoms. The summed E-state index contributed by atoms with van der Waals surface area (Å²) in [4.78, 5) is 17.0. The van der Waals surface area contributed by atoms with Gasteiger partial charge in [-0.25, -0.2) is 4.39 Å². The summed E-state index contributed by atoms with van der Waals surface area (Å²) in [6.07, 6.45) is 1.47. The van der Waals surface area contributed by atoms with Gasteiger partial charge >= 0.3 is 0 Å². The summed E-state index contributed by atoms with van der Waals surface area (Å²) in [5.41, 5.74) is 1.20. The van der Waals surface area contributed by atoms with E-state index in [0.717, 1.165) is 6.07 Å². The summed E-state index contributed by atoms with van der Waals surface area (Å²) in [5.74, 6) is -1.28. The van der Waals surface area contributed by atoms with Crippen molar-refractivity contribution < 1.29 is 9.18 Å². The Kier molecular flexibility index (Phi) is 6.30. The van der Waals surface area contributed by atoms with E-state index in [-0.39, 0.29) is 11.1 Å². The number of benzene rings is 2. The molecule has 0 saturated carbocycles. The van der Waals surface area contributed by atoms with Crippen LogP contribution in [-0.2, 0) is 0 Å². The van der Waals surface area contributed by atoms with Crippen molar-refractivity contribution in [2.45, 2.75) is 6.04 Å². The minimum Gasteiger partial charge on any atom is -0.339 e. The highest BCUT2D eigenvalue weighted by atomic mass is 79.9. The minimum atomic E-state index is -0.760. The van der Waals surface area contributed by atoms with E-state index in [2.05, 4.69) is 26.2 Å². The number of pyridine rings is 1. The van der Waals surface area contributed by atoms with Crippen LogP contribution >= 0.6 is 39.1 Å².